The van der Waals surface area contributed by atoms with E-state index in [2.05, 4.69) is 6.92 Å². The average Bonchev–Trinajstić information content (AvgIpc) is 2.39. The Kier molecular flexibility index (Phi) is 6.20. The first-order valence-electron chi connectivity index (χ1n) is 6.94. The maximum Gasteiger partial charge on any atom is 0.119 e. The van der Waals surface area contributed by atoms with Crippen LogP contribution in [0.15, 0.2) is 24.3 Å². The summed E-state index contributed by atoms with van der Waals surface area (Å²) in [5.74, 6) is 0.920. The molecule has 102 valence electrons. The van der Waals surface area contributed by atoms with Crippen LogP contribution in [-0.2, 0) is 5.41 Å². The van der Waals surface area contributed by atoms with Crippen molar-refractivity contribution in [3.05, 3.63) is 29.8 Å². The molecule has 0 atom stereocenters. The van der Waals surface area contributed by atoms with Crippen molar-refractivity contribution in [1.29, 1.82) is 0 Å². The van der Waals surface area contributed by atoms with Gasteiger partial charge < -0.3 is 9.84 Å². The molecule has 2 heteroatoms. The Morgan fingerprint density at radius 3 is 2.28 bits per heavy atom. The predicted molar refractivity (Wildman–Crippen MR) is 76.2 cm³/mol. The summed E-state index contributed by atoms with van der Waals surface area (Å²) in [5.41, 5.74) is 0.961. The molecule has 0 aliphatic rings. The molecule has 0 bridgehead atoms. The lowest BCUT2D eigenvalue weighted by Crippen LogP contribution is -2.21. The van der Waals surface area contributed by atoms with Gasteiger partial charge in [-0.2, -0.15) is 0 Å². The monoisotopic (exact) mass is 250 g/mol. The fourth-order valence-corrected chi connectivity index (χ4v) is 1.81. The Morgan fingerprint density at radius 2 is 1.72 bits per heavy atom. The molecule has 0 fully saturated rings. The highest BCUT2D eigenvalue weighted by Crippen LogP contribution is 2.24. The zero-order chi connectivity index (χ0) is 13.4. The molecule has 0 saturated heterocycles. The van der Waals surface area contributed by atoms with E-state index in [-0.39, 0.29) is 12.0 Å². The van der Waals surface area contributed by atoms with Crippen molar-refractivity contribution in [3.63, 3.8) is 0 Å². The van der Waals surface area contributed by atoms with Crippen LogP contribution in [0.5, 0.6) is 5.75 Å². The molecule has 0 unspecified atom stereocenters. The minimum atomic E-state index is -0.181. The first kappa shape index (κ1) is 15.0. The molecule has 0 aromatic heterocycles. The molecule has 0 aliphatic heterocycles. The third kappa shape index (κ3) is 4.69. The van der Waals surface area contributed by atoms with Gasteiger partial charge in [-0.15, -0.1) is 0 Å². The Labute approximate surface area is 111 Å². The van der Waals surface area contributed by atoms with Gasteiger partial charge in [0.15, 0.2) is 0 Å². The van der Waals surface area contributed by atoms with Crippen LogP contribution in [0.2, 0.25) is 0 Å². The second-order valence-electron chi connectivity index (χ2n) is 5.48. The van der Waals surface area contributed by atoms with Gasteiger partial charge in [0.2, 0.25) is 0 Å². The van der Waals surface area contributed by atoms with Crippen LogP contribution in [0, 0.1) is 0 Å². The molecule has 18 heavy (non-hydrogen) atoms. The standard InChI is InChI=1S/C16H26O2/c1-4-5-6-7-12-18-15-10-8-14(9-11-15)16(2,3)13-17/h8-11,17H,4-7,12-13H2,1-3H3. The smallest absolute Gasteiger partial charge is 0.119 e. The molecule has 0 aliphatic carbocycles. The highest BCUT2D eigenvalue weighted by Gasteiger charge is 2.18. The number of benzene rings is 1. The normalized spacial score (nSPS) is 11.6. The molecule has 2 nitrogen and oxygen atoms in total. The molecule has 1 N–H and O–H groups in total. The van der Waals surface area contributed by atoms with Crippen LogP contribution in [0.4, 0.5) is 0 Å². The predicted octanol–water partition coefficient (Wildman–Crippen LogP) is 3.92. The van der Waals surface area contributed by atoms with Crippen LogP contribution in [0.25, 0.3) is 0 Å². The van der Waals surface area contributed by atoms with E-state index in [4.69, 9.17) is 4.74 Å². The summed E-state index contributed by atoms with van der Waals surface area (Å²) in [6.45, 7) is 7.23. The van der Waals surface area contributed by atoms with Crippen molar-refractivity contribution in [2.24, 2.45) is 0 Å². The first-order valence-corrected chi connectivity index (χ1v) is 6.94. The number of hydrogen-bond acceptors (Lipinski definition) is 2. The van der Waals surface area contributed by atoms with Gasteiger partial charge in [0.05, 0.1) is 13.2 Å². The second kappa shape index (κ2) is 7.42. The van der Waals surface area contributed by atoms with Crippen LogP contribution in [-0.4, -0.2) is 18.3 Å². The fraction of sp³-hybridized carbons (Fsp3) is 0.625. The minimum Gasteiger partial charge on any atom is -0.494 e. The number of hydrogen-bond donors (Lipinski definition) is 1. The molecule has 0 heterocycles. The highest BCUT2D eigenvalue weighted by molar-refractivity contribution is 5.31. The summed E-state index contributed by atoms with van der Waals surface area (Å²) in [4.78, 5) is 0. The summed E-state index contributed by atoms with van der Waals surface area (Å²) in [6, 6.07) is 8.06. The van der Waals surface area contributed by atoms with E-state index in [1.807, 2.05) is 38.1 Å². The van der Waals surface area contributed by atoms with Crippen molar-refractivity contribution in [2.75, 3.05) is 13.2 Å². The van der Waals surface area contributed by atoms with Crippen LogP contribution >= 0.6 is 0 Å². The van der Waals surface area contributed by atoms with E-state index in [1.54, 1.807) is 0 Å². The summed E-state index contributed by atoms with van der Waals surface area (Å²) < 4.78 is 5.69. The molecule has 1 aromatic carbocycles. The minimum absolute atomic E-state index is 0.157. The maximum absolute atomic E-state index is 9.31. The van der Waals surface area contributed by atoms with Gasteiger partial charge in [0, 0.05) is 5.41 Å². The zero-order valence-electron chi connectivity index (χ0n) is 11.9. The first-order chi connectivity index (χ1) is 8.60. The molecule has 0 amide bonds. The lowest BCUT2D eigenvalue weighted by molar-refractivity contribution is 0.218. The van der Waals surface area contributed by atoms with E-state index in [0.717, 1.165) is 24.3 Å². The molecule has 1 aromatic rings. The van der Waals surface area contributed by atoms with Crippen LogP contribution < -0.4 is 4.74 Å². The number of aliphatic hydroxyl groups is 1. The quantitative estimate of drug-likeness (QED) is 0.709. The third-order valence-corrected chi connectivity index (χ3v) is 3.30. The fourth-order valence-electron chi connectivity index (χ4n) is 1.81. The van der Waals surface area contributed by atoms with Gasteiger partial charge in [0.25, 0.3) is 0 Å². The topological polar surface area (TPSA) is 29.5 Å². The second-order valence-corrected chi connectivity index (χ2v) is 5.48. The van der Waals surface area contributed by atoms with Crippen molar-refractivity contribution in [2.45, 2.75) is 51.9 Å². The van der Waals surface area contributed by atoms with E-state index in [0.29, 0.717) is 0 Å². The SMILES string of the molecule is CCCCCCOc1ccc(C(C)(C)CO)cc1. The van der Waals surface area contributed by atoms with E-state index in [9.17, 15) is 5.11 Å². The lowest BCUT2D eigenvalue weighted by atomic mass is 9.86. The molecular formula is C16H26O2. The Balaban J connectivity index is 2.41. The zero-order valence-corrected chi connectivity index (χ0v) is 11.9. The number of ether oxygens (including phenoxy) is 1. The Bertz CT molecular complexity index is 327. The molecule has 0 radical (unpaired) electrons. The van der Waals surface area contributed by atoms with Crippen molar-refractivity contribution in [1.82, 2.24) is 0 Å². The van der Waals surface area contributed by atoms with Crippen LogP contribution in [0.3, 0.4) is 0 Å². The largest absolute Gasteiger partial charge is 0.494 e. The van der Waals surface area contributed by atoms with Gasteiger partial charge in [-0.1, -0.05) is 52.2 Å². The Hall–Kier alpha value is -1.02. The van der Waals surface area contributed by atoms with E-state index in [1.165, 1.54) is 19.3 Å². The average molecular weight is 250 g/mol. The molecule has 0 spiro atoms. The van der Waals surface area contributed by atoms with Gasteiger partial charge in [-0.05, 0) is 24.1 Å². The van der Waals surface area contributed by atoms with E-state index >= 15 is 0 Å². The van der Waals surface area contributed by atoms with Gasteiger partial charge >= 0.3 is 0 Å². The maximum atomic E-state index is 9.31. The summed E-state index contributed by atoms with van der Waals surface area (Å²) in [7, 11) is 0. The lowest BCUT2D eigenvalue weighted by Gasteiger charge is -2.22. The van der Waals surface area contributed by atoms with Gasteiger partial charge in [-0.3, -0.25) is 0 Å². The van der Waals surface area contributed by atoms with Crippen molar-refractivity contribution >= 4 is 0 Å². The molecule has 0 saturated carbocycles. The van der Waals surface area contributed by atoms with Crippen molar-refractivity contribution < 1.29 is 9.84 Å². The van der Waals surface area contributed by atoms with Gasteiger partial charge in [0.1, 0.15) is 5.75 Å². The molecular weight excluding hydrogens is 224 g/mol. The molecule has 1 rings (SSSR count). The van der Waals surface area contributed by atoms with Crippen molar-refractivity contribution in [3.8, 4) is 5.75 Å². The summed E-state index contributed by atoms with van der Waals surface area (Å²) >= 11 is 0. The van der Waals surface area contributed by atoms with Crippen LogP contribution in [0.1, 0.15) is 52.0 Å². The number of aliphatic hydroxyl groups excluding tert-OH is 1. The van der Waals surface area contributed by atoms with Gasteiger partial charge in [-0.25, -0.2) is 0 Å². The number of rotatable bonds is 8. The third-order valence-electron chi connectivity index (χ3n) is 3.30. The van der Waals surface area contributed by atoms with E-state index < -0.39 is 0 Å². The summed E-state index contributed by atoms with van der Waals surface area (Å²) in [5, 5.41) is 9.31. The Morgan fingerprint density at radius 1 is 1.06 bits per heavy atom. The summed E-state index contributed by atoms with van der Waals surface area (Å²) in [6.07, 6.45) is 4.90. The highest BCUT2D eigenvalue weighted by atomic mass is 16.5. The number of unbranched alkanes of at least 4 members (excludes halogenated alkanes) is 3.